The van der Waals surface area contributed by atoms with Crippen molar-refractivity contribution in [2.45, 2.75) is 31.9 Å². The summed E-state index contributed by atoms with van der Waals surface area (Å²) in [4.78, 5) is 0. The Morgan fingerprint density at radius 3 is 2.26 bits per heavy atom. The van der Waals surface area contributed by atoms with Crippen LogP contribution < -0.4 is 10.5 Å². The molecule has 1 rings (SSSR count). The van der Waals surface area contributed by atoms with Gasteiger partial charge in [0, 0.05) is 12.0 Å². The van der Waals surface area contributed by atoms with E-state index in [4.69, 9.17) is 11.1 Å². The van der Waals surface area contributed by atoms with Gasteiger partial charge < -0.3 is 5.73 Å². The van der Waals surface area contributed by atoms with Gasteiger partial charge in [0.15, 0.2) is 0 Å². The summed E-state index contributed by atoms with van der Waals surface area (Å²) in [5.41, 5.74) is 4.63. The van der Waals surface area contributed by atoms with Crippen LogP contribution in [-0.2, 0) is 19.9 Å². The number of sulfonamides is 1. The van der Waals surface area contributed by atoms with Gasteiger partial charge >= 0.3 is 0 Å². The molecule has 4 N–H and O–H groups in total. The van der Waals surface area contributed by atoms with Gasteiger partial charge in [-0.05, 0) is 12.8 Å². The third-order valence-corrected chi connectivity index (χ3v) is 7.00. The Balaban J connectivity index is 2.66. The molecule has 0 aliphatic carbocycles. The molecule has 0 bridgehead atoms. The Kier molecular flexibility index (Phi) is 4.63. The molecule has 0 aromatic heterocycles. The predicted molar refractivity (Wildman–Crippen MR) is 74.3 cm³/mol. The molecule has 7 nitrogen and oxygen atoms in total. The molecule has 19 heavy (non-hydrogen) atoms. The molecule has 0 atom stereocenters. The van der Waals surface area contributed by atoms with Crippen LogP contribution in [0.2, 0.25) is 0 Å². The molecular weight excluding hydrogens is 290 g/mol. The number of nitrogens with one attached hydrogen (secondary N) is 2. The number of rotatable bonds is 5. The zero-order valence-electron chi connectivity index (χ0n) is 11.1. The van der Waals surface area contributed by atoms with Crippen molar-refractivity contribution in [3.63, 3.8) is 0 Å². The summed E-state index contributed by atoms with van der Waals surface area (Å²) in [6.07, 6.45) is 0.246. The summed E-state index contributed by atoms with van der Waals surface area (Å²) in [7, 11) is -6.65. The van der Waals surface area contributed by atoms with Gasteiger partial charge in [-0.1, -0.05) is 13.8 Å². The van der Waals surface area contributed by atoms with Crippen molar-refractivity contribution >= 4 is 25.7 Å². The monoisotopic (exact) mass is 311 g/mol. The molecule has 1 aliphatic rings. The van der Waals surface area contributed by atoms with E-state index in [1.807, 2.05) is 0 Å². The first kappa shape index (κ1) is 16.4. The zero-order valence-corrected chi connectivity index (χ0v) is 12.8. The Morgan fingerprint density at radius 2 is 1.84 bits per heavy atom. The van der Waals surface area contributed by atoms with E-state index in [9.17, 15) is 16.8 Å². The summed E-state index contributed by atoms with van der Waals surface area (Å²) < 4.78 is 49.1. The van der Waals surface area contributed by atoms with Crippen molar-refractivity contribution in [1.29, 1.82) is 5.41 Å². The highest BCUT2D eigenvalue weighted by Crippen LogP contribution is 2.20. The maximum Gasteiger partial charge on any atom is 0.214 e. The summed E-state index contributed by atoms with van der Waals surface area (Å²) in [5.74, 6) is -0.273. The molecule has 0 unspecified atom stereocenters. The quantitative estimate of drug-likeness (QED) is 0.463. The maximum absolute atomic E-state index is 12.0. The maximum atomic E-state index is 12.0. The van der Waals surface area contributed by atoms with Gasteiger partial charge in [0.05, 0.1) is 22.6 Å². The molecule has 9 heteroatoms. The number of amidine groups is 1. The fourth-order valence-corrected chi connectivity index (χ4v) is 5.12. The Labute approximate surface area is 114 Å². The van der Waals surface area contributed by atoms with Crippen LogP contribution in [0.1, 0.15) is 26.7 Å². The van der Waals surface area contributed by atoms with Gasteiger partial charge in [-0.15, -0.1) is 0 Å². The number of sulfone groups is 1. The standard InChI is InChI=1S/C10H21N3O4S2/c1-10(2,9(11)12)7-13-19(16,17)8-3-5-18(14,15)6-4-8/h8,13H,3-7H2,1-2H3,(H3,11,12). The van der Waals surface area contributed by atoms with Crippen molar-refractivity contribution < 1.29 is 16.8 Å². The largest absolute Gasteiger partial charge is 0.387 e. The van der Waals surface area contributed by atoms with Crippen LogP contribution in [0, 0.1) is 10.8 Å². The summed E-state index contributed by atoms with van der Waals surface area (Å²) in [6.45, 7) is 3.38. The lowest BCUT2D eigenvalue weighted by Crippen LogP contribution is -2.46. The number of hydrogen-bond donors (Lipinski definition) is 3. The van der Waals surface area contributed by atoms with Crippen LogP contribution in [0.15, 0.2) is 0 Å². The molecule has 1 aliphatic heterocycles. The minimum Gasteiger partial charge on any atom is -0.387 e. The molecule has 0 spiro atoms. The van der Waals surface area contributed by atoms with Gasteiger partial charge in [0.1, 0.15) is 9.84 Å². The smallest absolute Gasteiger partial charge is 0.214 e. The van der Waals surface area contributed by atoms with Crippen LogP contribution in [-0.4, -0.2) is 46.0 Å². The van der Waals surface area contributed by atoms with Crippen molar-refractivity contribution in [1.82, 2.24) is 4.72 Å². The van der Waals surface area contributed by atoms with Crippen molar-refractivity contribution in [2.24, 2.45) is 11.1 Å². The van der Waals surface area contributed by atoms with Crippen LogP contribution in [0.3, 0.4) is 0 Å². The Bertz CT molecular complexity index is 537. The van der Waals surface area contributed by atoms with Crippen LogP contribution in [0.5, 0.6) is 0 Å². The van der Waals surface area contributed by atoms with E-state index in [2.05, 4.69) is 4.72 Å². The highest BCUT2D eigenvalue weighted by molar-refractivity contribution is 7.92. The van der Waals surface area contributed by atoms with Crippen molar-refractivity contribution in [2.75, 3.05) is 18.1 Å². The number of nitrogens with two attached hydrogens (primary N) is 1. The highest BCUT2D eigenvalue weighted by atomic mass is 32.2. The van der Waals surface area contributed by atoms with E-state index in [1.165, 1.54) is 0 Å². The topological polar surface area (TPSA) is 130 Å². The lowest BCUT2D eigenvalue weighted by Gasteiger charge is -2.26. The first-order chi connectivity index (χ1) is 8.46. The first-order valence-corrected chi connectivity index (χ1v) is 9.36. The molecule has 0 aromatic rings. The van der Waals surface area contributed by atoms with Crippen molar-refractivity contribution in [3.05, 3.63) is 0 Å². The van der Waals surface area contributed by atoms with Crippen LogP contribution >= 0.6 is 0 Å². The molecule has 0 amide bonds. The van der Waals surface area contributed by atoms with Gasteiger partial charge in [-0.3, -0.25) is 5.41 Å². The van der Waals surface area contributed by atoms with Gasteiger partial charge in [-0.25, -0.2) is 21.6 Å². The molecule has 1 heterocycles. The minimum absolute atomic E-state index is 0.0356. The Hall–Kier alpha value is -0.670. The first-order valence-electron chi connectivity index (χ1n) is 6.00. The fourth-order valence-electron chi connectivity index (χ4n) is 1.67. The predicted octanol–water partition coefficient (Wildman–Crippen LogP) is -0.555. The second kappa shape index (κ2) is 5.37. The lowest BCUT2D eigenvalue weighted by molar-refractivity contribution is 0.485. The third kappa shape index (κ3) is 4.43. The SMILES string of the molecule is CC(C)(CNS(=O)(=O)C1CCS(=O)(=O)CC1)C(=N)N. The van der Waals surface area contributed by atoms with E-state index < -0.39 is 30.5 Å². The average molecular weight is 311 g/mol. The summed E-state index contributed by atoms with van der Waals surface area (Å²) in [5, 5.41) is 6.68. The summed E-state index contributed by atoms with van der Waals surface area (Å²) >= 11 is 0. The molecule has 0 radical (unpaired) electrons. The fraction of sp³-hybridized carbons (Fsp3) is 0.900. The normalized spacial score (nSPS) is 21.2. The van der Waals surface area contributed by atoms with Gasteiger partial charge in [-0.2, -0.15) is 0 Å². The van der Waals surface area contributed by atoms with E-state index in [-0.39, 0.29) is 36.7 Å². The summed E-state index contributed by atoms with van der Waals surface area (Å²) in [6, 6.07) is 0. The molecule has 0 saturated carbocycles. The third-order valence-electron chi connectivity index (χ3n) is 3.38. The van der Waals surface area contributed by atoms with Crippen molar-refractivity contribution in [3.8, 4) is 0 Å². The van der Waals surface area contributed by atoms with Crippen LogP contribution in [0.4, 0.5) is 0 Å². The number of hydrogen-bond acceptors (Lipinski definition) is 5. The van der Waals surface area contributed by atoms with E-state index in [0.29, 0.717) is 0 Å². The van der Waals surface area contributed by atoms with E-state index >= 15 is 0 Å². The molecule has 1 fully saturated rings. The Morgan fingerprint density at radius 1 is 1.37 bits per heavy atom. The minimum atomic E-state index is -3.57. The molecule has 0 aromatic carbocycles. The van der Waals surface area contributed by atoms with Crippen LogP contribution in [0.25, 0.3) is 0 Å². The highest BCUT2D eigenvalue weighted by Gasteiger charge is 2.34. The molecule has 1 saturated heterocycles. The van der Waals surface area contributed by atoms with Gasteiger partial charge in [0.2, 0.25) is 10.0 Å². The van der Waals surface area contributed by atoms with E-state index in [1.54, 1.807) is 13.8 Å². The lowest BCUT2D eigenvalue weighted by atomic mass is 9.93. The average Bonchev–Trinajstić information content (AvgIpc) is 2.26. The molecular formula is C10H21N3O4S2. The van der Waals surface area contributed by atoms with Gasteiger partial charge in [0.25, 0.3) is 0 Å². The molecule has 112 valence electrons. The second-order valence-corrected chi connectivity index (χ2v) is 9.86. The zero-order chi connectivity index (χ0) is 14.9. The van der Waals surface area contributed by atoms with E-state index in [0.717, 1.165) is 0 Å². The second-order valence-electron chi connectivity index (χ2n) is 5.51.